The lowest BCUT2D eigenvalue weighted by Gasteiger charge is -2.10. The van der Waals surface area contributed by atoms with E-state index in [0.717, 1.165) is 16.9 Å². The fourth-order valence-corrected chi connectivity index (χ4v) is 1.82. The minimum absolute atomic E-state index is 0.516. The van der Waals surface area contributed by atoms with Crippen molar-refractivity contribution in [2.45, 2.75) is 6.92 Å². The van der Waals surface area contributed by atoms with E-state index in [1.165, 1.54) is 0 Å². The van der Waals surface area contributed by atoms with Gasteiger partial charge in [-0.2, -0.15) is 0 Å². The lowest BCUT2D eigenvalue weighted by Crippen LogP contribution is -1.96. The van der Waals surface area contributed by atoms with E-state index < -0.39 is 0 Å². The lowest BCUT2D eigenvalue weighted by molar-refractivity contribution is 1.45. The molecule has 0 heterocycles. The fraction of sp³-hybridized carbons (Fsp3) is 0.0769. The van der Waals surface area contributed by atoms with Gasteiger partial charge < -0.3 is 11.1 Å². The van der Waals surface area contributed by atoms with Crippen LogP contribution in [0.15, 0.2) is 36.4 Å². The first-order chi connectivity index (χ1) is 8.06. The zero-order valence-electron chi connectivity index (χ0n) is 9.30. The van der Waals surface area contributed by atoms with E-state index in [1.807, 2.05) is 31.2 Å². The number of nitrogens with one attached hydrogen (secondary N) is 1. The van der Waals surface area contributed by atoms with Gasteiger partial charge in [0.25, 0.3) is 0 Å². The van der Waals surface area contributed by atoms with Gasteiger partial charge >= 0.3 is 0 Å². The molecule has 0 aliphatic carbocycles. The van der Waals surface area contributed by atoms with Crippen LogP contribution in [0.5, 0.6) is 0 Å². The highest BCUT2D eigenvalue weighted by Crippen LogP contribution is 2.29. The fourth-order valence-electron chi connectivity index (χ4n) is 1.53. The van der Waals surface area contributed by atoms with Gasteiger partial charge in [0.2, 0.25) is 0 Å². The van der Waals surface area contributed by atoms with Crippen molar-refractivity contribution in [2.24, 2.45) is 0 Å². The van der Waals surface area contributed by atoms with E-state index in [4.69, 9.17) is 28.9 Å². The van der Waals surface area contributed by atoms with Gasteiger partial charge in [-0.3, -0.25) is 0 Å². The number of nitrogens with two attached hydrogens (primary N) is 1. The monoisotopic (exact) mass is 266 g/mol. The van der Waals surface area contributed by atoms with Crippen LogP contribution in [0.1, 0.15) is 5.56 Å². The predicted molar refractivity (Wildman–Crippen MR) is 75.3 cm³/mol. The van der Waals surface area contributed by atoms with Crippen molar-refractivity contribution in [1.29, 1.82) is 0 Å². The summed E-state index contributed by atoms with van der Waals surface area (Å²) in [5.41, 5.74) is 9.46. The van der Waals surface area contributed by atoms with Crippen molar-refractivity contribution in [3.8, 4) is 0 Å². The third kappa shape index (κ3) is 2.84. The maximum absolute atomic E-state index is 5.94. The summed E-state index contributed by atoms with van der Waals surface area (Å²) in [6.07, 6.45) is 0. The van der Waals surface area contributed by atoms with E-state index in [2.05, 4.69) is 5.32 Å². The van der Waals surface area contributed by atoms with Gasteiger partial charge in [-0.25, -0.2) is 0 Å². The zero-order valence-corrected chi connectivity index (χ0v) is 10.8. The van der Waals surface area contributed by atoms with Crippen LogP contribution in [-0.2, 0) is 0 Å². The van der Waals surface area contributed by atoms with Gasteiger partial charge in [-0.1, -0.05) is 29.3 Å². The maximum atomic E-state index is 5.94. The molecule has 0 saturated heterocycles. The molecule has 0 aliphatic rings. The van der Waals surface area contributed by atoms with Crippen molar-refractivity contribution in [3.05, 3.63) is 52.0 Å². The number of hydrogen-bond donors (Lipinski definition) is 2. The molecule has 88 valence electrons. The van der Waals surface area contributed by atoms with Crippen molar-refractivity contribution < 1.29 is 0 Å². The summed E-state index contributed by atoms with van der Waals surface area (Å²) in [4.78, 5) is 0. The summed E-state index contributed by atoms with van der Waals surface area (Å²) in [5, 5.41) is 4.25. The molecule has 2 aromatic carbocycles. The smallest absolute Gasteiger partial charge is 0.0618 e. The third-order valence-electron chi connectivity index (χ3n) is 2.41. The van der Waals surface area contributed by atoms with E-state index in [0.29, 0.717) is 15.7 Å². The quantitative estimate of drug-likeness (QED) is 0.778. The Balaban J connectivity index is 2.28. The van der Waals surface area contributed by atoms with Gasteiger partial charge in [-0.05, 0) is 42.8 Å². The van der Waals surface area contributed by atoms with E-state index in [9.17, 15) is 0 Å². The van der Waals surface area contributed by atoms with Crippen molar-refractivity contribution >= 4 is 40.3 Å². The normalized spacial score (nSPS) is 10.3. The van der Waals surface area contributed by atoms with Gasteiger partial charge in [0.1, 0.15) is 0 Å². The second-order valence-corrected chi connectivity index (χ2v) is 4.66. The standard InChI is InChI=1S/C13H12Cl2N2/c1-8-2-5-13(12(16)6-8)17-9-3-4-10(14)11(15)7-9/h2-7,17H,16H2,1H3. The maximum Gasteiger partial charge on any atom is 0.0618 e. The predicted octanol–water partition coefficient (Wildman–Crippen LogP) is 4.63. The number of aryl methyl sites for hydroxylation is 1. The summed E-state index contributed by atoms with van der Waals surface area (Å²) < 4.78 is 0. The molecule has 2 aromatic rings. The Morgan fingerprint density at radius 3 is 2.41 bits per heavy atom. The van der Waals surface area contributed by atoms with Crippen molar-refractivity contribution in [1.82, 2.24) is 0 Å². The number of benzene rings is 2. The molecular formula is C13H12Cl2N2. The Bertz CT molecular complexity index is 553. The minimum Gasteiger partial charge on any atom is -0.397 e. The molecule has 0 spiro atoms. The molecule has 0 atom stereocenters. The van der Waals surface area contributed by atoms with E-state index in [1.54, 1.807) is 12.1 Å². The Morgan fingerprint density at radius 1 is 1.00 bits per heavy atom. The molecule has 0 aromatic heterocycles. The SMILES string of the molecule is Cc1ccc(Nc2ccc(Cl)c(Cl)c2)c(N)c1. The first-order valence-corrected chi connectivity index (χ1v) is 5.90. The highest BCUT2D eigenvalue weighted by atomic mass is 35.5. The number of anilines is 3. The van der Waals surface area contributed by atoms with E-state index >= 15 is 0 Å². The second kappa shape index (κ2) is 4.86. The molecule has 4 heteroatoms. The average molecular weight is 267 g/mol. The molecule has 0 amide bonds. The summed E-state index contributed by atoms with van der Waals surface area (Å²) in [6, 6.07) is 11.2. The average Bonchev–Trinajstić information content (AvgIpc) is 2.27. The van der Waals surface area contributed by atoms with Crippen LogP contribution in [-0.4, -0.2) is 0 Å². The molecule has 3 N–H and O–H groups in total. The number of halogens is 2. The Kier molecular flexibility index (Phi) is 3.46. The minimum atomic E-state index is 0.516. The van der Waals surface area contributed by atoms with Crippen LogP contribution in [0, 0.1) is 6.92 Å². The number of rotatable bonds is 2. The second-order valence-electron chi connectivity index (χ2n) is 3.84. The van der Waals surface area contributed by atoms with E-state index in [-0.39, 0.29) is 0 Å². The summed E-state index contributed by atoms with van der Waals surface area (Å²) in [6.45, 7) is 2.00. The van der Waals surface area contributed by atoms with Crippen molar-refractivity contribution in [2.75, 3.05) is 11.1 Å². The molecule has 0 bridgehead atoms. The molecule has 2 nitrogen and oxygen atoms in total. The highest BCUT2D eigenvalue weighted by Gasteiger charge is 2.02. The van der Waals surface area contributed by atoms with Gasteiger partial charge in [0, 0.05) is 5.69 Å². The summed E-state index contributed by atoms with van der Waals surface area (Å²) in [7, 11) is 0. The molecule has 17 heavy (non-hydrogen) atoms. The van der Waals surface area contributed by atoms with Crippen LogP contribution in [0.25, 0.3) is 0 Å². The summed E-state index contributed by atoms with van der Waals surface area (Å²) >= 11 is 11.8. The lowest BCUT2D eigenvalue weighted by atomic mass is 10.2. The number of nitrogen functional groups attached to an aromatic ring is 1. The highest BCUT2D eigenvalue weighted by molar-refractivity contribution is 6.42. The zero-order chi connectivity index (χ0) is 12.4. The molecule has 0 saturated carbocycles. The molecule has 0 fully saturated rings. The molecule has 0 aliphatic heterocycles. The van der Waals surface area contributed by atoms with Crippen LogP contribution in [0.3, 0.4) is 0 Å². The first kappa shape index (κ1) is 12.1. The third-order valence-corrected chi connectivity index (χ3v) is 3.14. The van der Waals surface area contributed by atoms with Crippen LogP contribution in [0.4, 0.5) is 17.1 Å². The van der Waals surface area contributed by atoms with Crippen LogP contribution < -0.4 is 11.1 Å². The molecule has 0 unspecified atom stereocenters. The Hall–Kier alpha value is -1.38. The van der Waals surface area contributed by atoms with Crippen molar-refractivity contribution in [3.63, 3.8) is 0 Å². The number of hydrogen-bond acceptors (Lipinski definition) is 2. The molecule has 2 rings (SSSR count). The van der Waals surface area contributed by atoms with Crippen LogP contribution in [0.2, 0.25) is 10.0 Å². The molecular weight excluding hydrogens is 255 g/mol. The first-order valence-electron chi connectivity index (χ1n) is 5.14. The largest absolute Gasteiger partial charge is 0.397 e. The van der Waals surface area contributed by atoms with Gasteiger partial charge in [0.05, 0.1) is 21.4 Å². The topological polar surface area (TPSA) is 38.0 Å². The van der Waals surface area contributed by atoms with Gasteiger partial charge in [-0.15, -0.1) is 0 Å². The van der Waals surface area contributed by atoms with Gasteiger partial charge in [0.15, 0.2) is 0 Å². The Morgan fingerprint density at radius 2 is 1.76 bits per heavy atom. The Labute approximate surface area is 110 Å². The molecule has 0 radical (unpaired) electrons. The summed E-state index contributed by atoms with van der Waals surface area (Å²) in [5.74, 6) is 0. The van der Waals surface area contributed by atoms with Crippen LogP contribution >= 0.6 is 23.2 Å².